The summed E-state index contributed by atoms with van der Waals surface area (Å²) in [4.78, 5) is 25.8. The van der Waals surface area contributed by atoms with Gasteiger partial charge in [0.25, 0.3) is 0 Å². The van der Waals surface area contributed by atoms with Crippen molar-refractivity contribution >= 4 is 12.1 Å². The molecular formula is C23H23NO5. The Labute approximate surface area is 169 Å². The van der Waals surface area contributed by atoms with Crippen molar-refractivity contribution in [2.45, 2.75) is 36.9 Å². The number of carbonyl (C=O) groups excluding carboxylic acids is 1. The second-order valence-corrected chi connectivity index (χ2v) is 8.17. The second kappa shape index (κ2) is 6.88. The first-order valence-electron chi connectivity index (χ1n) is 10.1. The number of amides is 1. The van der Waals surface area contributed by atoms with Crippen LogP contribution in [-0.4, -0.2) is 53.5 Å². The standard InChI is InChI=1S/C23H23NO5/c25-21(26)20-12-24(14-23(29-20)10-5-11-23)22(27)28-13-19-17-8-3-1-6-15(17)16-7-2-4-9-18(16)19/h1-4,6-9,19-20H,5,10-14H2,(H,25,26). The highest BCUT2D eigenvalue weighted by molar-refractivity contribution is 5.79. The van der Waals surface area contributed by atoms with Crippen molar-refractivity contribution in [3.8, 4) is 11.1 Å². The molecule has 1 heterocycles. The molecule has 2 aromatic rings. The van der Waals surface area contributed by atoms with Gasteiger partial charge in [0.2, 0.25) is 0 Å². The summed E-state index contributed by atoms with van der Waals surface area (Å²) in [5, 5.41) is 9.41. The monoisotopic (exact) mass is 393 g/mol. The lowest BCUT2D eigenvalue weighted by Gasteiger charge is -2.49. The molecule has 3 aliphatic rings. The topological polar surface area (TPSA) is 76.1 Å². The molecule has 1 N–H and O–H groups in total. The molecule has 1 saturated heterocycles. The van der Waals surface area contributed by atoms with Crippen LogP contribution in [0.25, 0.3) is 11.1 Å². The third kappa shape index (κ3) is 3.08. The van der Waals surface area contributed by atoms with Gasteiger partial charge >= 0.3 is 12.1 Å². The van der Waals surface area contributed by atoms with Crippen molar-refractivity contribution in [1.82, 2.24) is 4.90 Å². The van der Waals surface area contributed by atoms with Gasteiger partial charge in [-0.25, -0.2) is 9.59 Å². The number of ether oxygens (including phenoxy) is 2. The first kappa shape index (κ1) is 18.2. The number of morpholine rings is 1. The van der Waals surface area contributed by atoms with E-state index in [2.05, 4.69) is 24.3 Å². The maximum atomic E-state index is 12.8. The van der Waals surface area contributed by atoms with Crippen molar-refractivity contribution in [2.24, 2.45) is 0 Å². The fraction of sp³-hybridized carbons (Fsp3) is 0.391. The number of benzene rings is 2. The zero-order chi connectivity index (χ0) is 20.0. The number of hydrogen-bond donors (Lipinski definition) is 1. The van der Waals surface area contributed by atoms with Gasteiger partial charge in [-0.1, -0.05) is 48.5 Å². The highest BCUT2D eigenvalue weighted by atomic mass is 16.6. The Morgan fingerprint density at radius 2 is 1.69 bits per heavy atom. The molecule has 1 saturated carbocycles. The van der Waals surface area contributed by atoms with Crippen LogP contribution in [0.4, 0.5) is 4.79 Å². The van der Waals surface area contributed by atoms with Gasteiger partial charge in [0, 0.05) is 5.92 Å². The molecule has 0 bridgehead atoms. The third-order valence-electron chi connectivity index (χ3n) is 6.39. The van der Waals surface area contributed by atoms with Crippen LogP contribution in [0.3, 0.4) is 0 Å². The minimum atomic E-state index is -1.03. The maximum absolute atomic E-state index is 12.8. The Bertz CT molecular complexity index is 922. The highest BCUT2D eigenvalue weighted by Gasteiger charge is 2.48. The van der Waals surface area contributed by atoms with E-state index in [-0.39, 0.29) is 19.1 Å². The van der Waals surface area contributed by atoms with Crippen LogP contribution in [0.1, 0.15) is 36.3 Å². The van der Waals surface area contributed by atoms with Gasteiger partial charge in [-0.05, 0) is 41.5 Å². The average molecular weight is 393 g/mol. The van der Waals surface area contributed by atoms with Crippen molar-refractivity contribution in [2.75, 3.05) is 19.7 Å². The molecule has 29 heavy (non-hydrogen) atoms. The fourth-order valence-corrected chi connectivity index (χ4v) is 4.79. The van der Waals surface area contributed by atoms with Crippen LogP contribution < -0.4 is 0 Å². The molecule has 1 spiro atoms. The molecule has 1 atom stereocenters. The number of carboxylic acid groups (broad SMARTS) is 1. The average Bonchev–Trinajstić information content (AvgIpc) is 3.04. The molecule has 1 unspecified atom stereocenters. The van der Waals surface area contributed by atoms with E-state index in [4.69, 9.17) is 9.47 Å². The van der Waals surface area contributed by atoms with Crippen molar-refractivity contribution in [3.63, 3.8) is 0 Å². The molecule has 150 valence electrons. The predicted octanol–water partition coefficient (Wildman–Crippen LogP) is 3.64. The largest absolute Gasteiger partial charge is 0.479 e. The number of hydrogen-bond acceptors (Lipinski definition) is 4. The van der Waals surface area contributed by atoms with Crippen molar-refractivity contribution < 1.29 is 24.2 Å². The summed E-state index contributed by atoms with van der Waals surface area (Å²) in [5.74, 6) is -1.05. The minimum absolute atomic E-state index is 0.0136. The van der Waals surface area contributed by atoms with E-state index in [1.807, 2.05) is 24.3 Å². The van der Waals surface area contributed by atoms with E-state index < -0.39 is 23.8 Å². The lowest BCUT2D eigenvalue weighted by atomic mass is 9.78. The summed E-state index contributed by atoms with van der Waals surface area (Å²) in [6.45, 7) is 0.649. The van der Waals surface area contributed by atoms with Crippen LogP contribution in [0.2, 0.25) is 0 Å². The summed E-state index contributed by atoms with van der Waals surface area (Å²) in [6.07, 6.45) is 1.09. The van der Waals surface area contributed by atoms with Crippen LogP contribution in [0.5, 0.6) is 0 Å². The lowest BCUT2D eigenvalue weighted by Crippen LogP contribution is -2.61. The molecule has 1 aliphatic heterocycles. The fourth-order valence-electron chi connectivity index (χ4n) is 4.79. The third-order valence-corrected chi connectivity index (χ3v) is 6.39. The van der Waals surface area contributed by atoms with Gasteiger partial charge in [-0.3, -0.25) is 0 Å². The first-order valence-corrected chi connectivity index (χ1v) is 10.1. The zero-order valence-corrected chi connectivity index (χ0v) is 16.0. The molecule has 0 aromatic heterocycles. The second-order valence-electron chi connectivity index (χ2n) is 8.17. The molecule has 5 rings (SSSR count). The Morgan fingerprint density at radius 3 is 2.24 bits per heavy atom. The summed E-state index contributed by atoms with van der Waals surface area (Å²) in [6, 6.07) is 16.4. The SMILES string of the molecule is O=C(O)C1CN(C(=O)OCC2c3ccccc3-c3ccccc32)CC2(CCC2)O1. The molecule has 2 fully saturated rings. The van der Waals surface area contributed by atoms with Gasteiger partial charge in [-0.2, -0.15) is 0 Å². The van der Waals surface area contributed by atoms with E-state index in [0.29, 0.717) is 6.54 Å². The summed E-state index contributed by atoms with van der Waals surface area (Å²) >= 11 is 0. The van der Waals surface area contributed by atoms with E-state index in [1.165, 1.54) is 16.0 Å². The van der Waals surface area contributed by atoms with Gasteiger partial charge in [0.05, 0.1) is 18.7 Å². The van der Waals surface area contributed by atoms with Gasteiger partial charge in [-0.15, -0.1) is 0 Å². The first-order chi connectivity index (χ1) is 14.1. The number of rotatable bonds is 3. The van der Waals surface area contributed by atoms with Crippen LogP contribution in [0.15, 0.2) is 48.5 Å². The van der Waals surface area contributed by atoms with Gasteiger partial charge < -0.3 is 19.5 Å². The molecular weight excluding hydrogens is 370 g/mol. The number of fused-ring (bicyclic) bond motifs is 3. The quantitative estimate of drug-likeness (QED) is 0.862. The Balaban J connectivity index is 1.32. The highest BCUT2D eigenvalue weighted by Crippen LogP contribution is 2.45. The Kier molecular flexibility index (Phi) is 4.32. The van der Waals surface area contributed by atoms with Crippen LogP contribution >= 0.6 is 0 Å². The maximum Gasteiger partial charge on any atom is 0.409 e. The molecule has 2 aliphatic carbocycles. The zero-order valence-electron chi connectivity index (χ0n) is 16.0. The molecule has 2 aromatic carbocycles. The van der Waals surface area contributed by atoms with E-state index in [9.17, 15) is 14.7 Å². The lowest BCUT2D eigenvalue weighted by molar-refractivity contribution is -0.201. The number of nitrogens with zero attached hydrogens (tertiary/aromatic N) is 1. The van der Waals surface area contributed by atoms with E-state index >= 15 is 0 Å². The minimum Gasteiger partial charge on any atom is -0.479 e. The van der Waals surface area contributed by atoms with Crippen LogP contribution in [-0.2, 0) is 14.3 Å². The van der Waals surface area contributed by atoms with Crippen molar-refractivity contribution in [1.29, 1.82) is 0 Å². The van der Waals surface area contributed by atoms with E-state index in [0.717, 1.165) is 30.4 Å². The van der Waals surface area contributed by atoms with E-state index in [1.54, 1.807) is 0 Å². The Morgan fingerprint density at radius 1 is 1.07 bits per heavy atom. The number of aliphatic carboxylic acids is 1. The summed E-state index contributed by atoms with van der Waals surface area (Å²) < 4.78 is 11.5. The smallest absolute Gasteiger partial charge is 0.409 e. The Hall–Kier alpha value is -2.86. The number of carbonyl (C=O) groups is 2. The van der Waals surface area contributed by atoms with Crippen molar-refractivity contribution in [3.05, 3.63) is 59.7 Å². The molecule has 6 heteroatoms. The summed E-state index contributed by atoms with van der Waals surface area (Å²) in [5.41, 5.74) is 4.14. The number of carboxylic acids is 1. The van der Waals surface area contributed by atoms with Gasteiger partial charge in [0.1, 0.15) is 6.61 Å². The normalized spacial score (nSPS) is 21.9. The molecule has 1 amide bonds. The molecule has 0 radical (unpaired) electrons. The predicted molar refractivity (Wildman–Crippen MR) is 106 cm³/mol. The van der Waals surface area contributed by atoms with Gasteiger partial charge in [0.15, 0.2) is 6.10 Å². The molecule has 6 nitrogen and oxygen atoms in total. The summed E-state index contributed by atoms with van der Waals surface area (Å²) in [7, 11) is 0. The van der Waals surface area contributed by atoms with Crippen LogP contribution in [0, 0.1) is 0 Å².